The van der Waals surface area contributed by atoms with Gasteiger partial charge in [-0.15, -0.1) is 0 Å². The molecule has 0 aromatic heterocycles. The van der Waals surface area contributed by atoms with E-state index in [0.717, 1.165) is 11.1 Å². The summed E-state index contributed by atoms with van der Waals surface area (Å²) in [4.78, 5) is 38.7. The predicted molar refractivity (Wildman–Crippen MR) is 114 cm³/mol. The molecule has 7 nitrogen and oxygen atoms in total. The van der Waals surface area contributed by atoms with E-state index in [1.807, 2.05) is 45.9 Å². The van der Waals surface area contributed by atoms with E-state index in [0.29, 0.717) is 12.1 Å². The maximum atomic E-state index is 12.7. The van der Waals surface area contributed by atoms with Gasteiger partial charge >= 0.3 is 5.97 Å². The smallest absolute Gasteiger partial charge is 0.338 e. The molecule has 0 unspecified atom stereocenters. The molecule has 1 atom stereocenters. The molecular weight excluding hydrogens is 384 g/mol. The first-order valence-electron chi connectivity index (χ1n) is 9.84. The Hall–Kier alpha value is -3.35. The highest BCUT2D eigenvalue weighted by atomic mass is 16.5. The van der Waals surface area contributed by atoms with Gasteiger partial charge in [0.2, 0.25) is 5.91 Å². The summed E-state index contributed by atoms with van der Waals surface area (Å²) >= 11 is 0. The number of rotatable bonds is 8. The lowest BCUT2D eigenvalue weighted by Crippen LogP contribution is -2.45. The van der Waals surface area contributed by atoms with Crippen LogP contribution in [0.4, 0.5) is 5.69 Å². The Morgan fingerprint density at radius 3 is 2.40 bits per heavy atom. The molecule has 160 valence electrons. The molecule has 0 aliphatic carbocycles. The van der Waals surface area contributed by atoms with E-state index in [9.17, 15) is 19.5 Å². The minimum atomic E-state index is -0.674. The summed E-state index contributed by atoms with van der Waals surface area (Å²) in [5, 5.41) is 12.1. The standard InChI is InChI=1S/C23H28N2O5/c1-5-16(3)25(13-21(27)24-20-8-6-7-15(2)17(20)4)22(28)14-30-23(29)18-9-11-19(26)12-10-18/h6-12,16,26H,5,13-14H2,1-4H3,(H,24,27)/t16-/m0/s1. The number of nitrogens with one attached hydrogen (secondary N) is 1. The van der Waals surface area contributed by atoms with Crippen LogP contribution in [0.15, 0.2) is 42.5 Å². The molecule has 2 aromatic carbocycles. The Morgan fingerprint density at radius 1 is 1.10 bits per heavy atom. The van der Waals surface area contributed by atoms with Crippen LogP contribution in [0.1, 0.15) is 41.8 Å². The average Bonchev–Trinajstić information content (AvgIpc) is 2.73. The van der Waals surface area contributed by atoms with Gasteiger partial charge in [-0.2, -0.15) is 0 Å². The van der Waals surface area contributed by atoms with Gasteiger partial charge in [-0.25, -0.2) is 4.79 Å². The number of benzene rings is 2. The number of amides is 2. The van der Waals surface area contributed by atoms with Crippen LogP contribution >= 0.6 is 0 Å². The summed E-state index contributed by atoms with van der Waals surface area (Å²) in [5.41, 5.74) is 2.96. The van der Waals surface area contributed by atoms with E-state index >= 15 is 0 Å². The fourth-order valence-corrected chi connectivity index (χ4v) is 2.83. The lowest BCUT2D eigenvalue weighted by atomic mass is 10.1. The van der Waals surface area contributed by atoms with Crippen LogP contribution in [-0.4, -0.2) is 47.0 Å². The lowest BCUT2D eigenvalue weighted by molar-refractivity contribution is -0.139. The molecule has 7 heteroatoms. The van der Waals surface area contributed by atoms with Gasteiger partial charge in [0.15, 0.2) is 6.61 Å². The summed E-state index contributed by atoms with van der Waals surface area (Å²) in [5.74, 6) is -1.41. The summed E-state index contributed by atoms with van der Waals surface area (Å²) < 4.78 is 5.10. The van der Waals surface area contributed by atoms with E-state index < -0.39 is 18.5 Å². The molecule has 0 aliphatic heterocycles. The number of anilines is 1. The van der Waals surface area contributed by atoms with Crippen molar-refractivity contribution >= 4 is 23.5 Å². The SMILES string of the molecule is CC[C@H](C)N(CC(=O)Nc1cccc(C)c1C)C(=O)COC(=O)c1ccc(O)cc1. The molecule has 0 radical (unpaired) electrons. The maximum Gasteiger partial charge on any atom is 0.338 e. The molecule has 30 heavy (non-hydrogen) atoms. The summed E-state index contributed by atoms with van der Waals surface area (Å²) in [6.07, 6.45) is 0.647. The van der Waals surface area contributed by atoms with Crippen molar-refractivity contribution in [2.45, 2.75) is 40.2 Å². The monoisotopic (exact) mass is 412 g/mol. The van der Waals surface area contributed by atoms with Crippen LogP contribution in [0.2, 0.25) is 0 Å². The number of carbonyl (C=O) groups excluding carboxylic acids is 3. The van der Waals surface area contributed by atoms with Gasteiger partial charge in [0, 0.05) is 11.7 Å². The first-order chi connectivity index (χ1) is 14.2. The molecule has 2 aromatic rings. The number of hydrogen-bond acceptors (Lipinski definition) is 5. The van der Waals surface area contributed by atoms with E-state index in [-0.39, 0.29) is 29.8 Å². The lowest BCUT2D eigenvalue weighted by Gasteiger charge is -2.28. The highest BCUT2D eigenvalue weighted by Gasteiger charge is 2.23. The summed E-state index contributed by atoms with van der Waals surface area (Å²) in [6.45, 7) is 7.02. The molecule has 0 spiro atoms. The van der Waals surface area contributed by atoms with Gasteiger partial charge in [0.25, 0.3) is 5.91 Å². The Balaban J connectivity index is 2.00. The zero-order valence-electron chi connectivity index (χ0n) is 17.8. The highest BCUT2D eigenvalue weighted by molar-refractivity contribution is 5.96. The fraction of sp³-hybridized carbons (Fsp3) is 0.348. The van der Waals surface area contributed by atoms with Gasteiger partial charge < -0.3 is 20.1 Å². The zero-order chi connectivity index (χ0) is 22.3. The van der Waals surface area contributed by atoms with Crippen molar-refractivity contribution < 1.29 is 24.2 Å². The first kappa shape index (κ1) is 22.9. The minimum Gasteiger partial charge on any atom is -0.508 e. The number of nitrogens with zero attached hydrogens (tertiary/aromatic N) is 1. The second-order valence-corrected chi connectivity index (χ2v) is 7.20. The Morgan fingerprint density at radius 2 is 1.77 bits per heavy atom. The summed E-state index contributed by atoms with van der Waals surface area (Å²) in [7, 11) is 0. The predicted octanol–water partition coefficient (Wildman–Crippen LogP) is 3.43. The molecule has 0 heterocycles. The van der Waals surface area contributed by atoms with Gasteiger partial charge in [0.1, 0.15) is 12.3 Å². The van der Waals surface area contributed by atoms with Crippen LogP contribution in [0.3, 0.4) is 0 Å². The minimum absolute atomic E-state index is 0.0282. The molecule has 0 bridgehead atoms. The van der Waals surface area contributed by atoms with Gasteiger partial charge in [-0.3, -0.25) is 9.59 Å². The third kappa shape index (κ3) is 6.07. The number of aromatic hydroxyl groups is 1. The van der Waals surface area contributed by atoms with Crippen molar-refractivity contribution in [3.63, 3.8) is 0 Å². The van der Waals surface area contributed by atoms with Gasteiger partial charge in [-0.1, -0.05) is 19.1 Å². The van der Waals surface area contributed by atoms with Crippen LogP contribution in [0.5, 0.6) is 5.75 Å². The van der Waals surface area contributed by atoms with Gasteiger partial charge in [0.05, 0.1) is 5.56 Å². The Kier molecular flexibility index (Phi) is 7.98. The average molecular weight is 412 g/mol. The molecule has 2 amide bonds. The van der Waals surface area contributed by atoms with E-state index in [1.54, 1.807) is 0 Å². The number of phenolic OH excluding ortho intramolecular Hbond substituents is 1. The number of aryl methyl sites for hydroxylation is 1. The van der Waals surface area contributed by atoms with Crippen LogP contribution in [-0.2, 0) is 14.3 Å². The quantitative estimate of drug-likeness (QED) is 0.648. The van der Waals surface area contributed by atoms with Crippen molar-refractivity contribution in [2.75, 3.05) is 18.5 Å². The molecule has 2 rings (SSSR count). The molecule has 0 saturated heterocycles. The van der Waals surface area contributed by atoms with Crippen molar-refractivity contribution in [1.82, 2.24) is 4.90 Å². The number of carbonyl (C=O) groups is 3. The second-order valence-electron chi connectivity index (χ2n) is 7.20. The van der Waals surface area contributed by atoms with E-state index in [1.165, 1.54) is 29.2 Å². The number of esters is 1. The second kappa shape index (κ2) is 10.4. The van der Waals surface area contributed by atoms with Crippen molar-refractivity contribution in [3.05, 3.63) is 59.2 Å². The van der Waals surface area contributed by atoms with Crippen LogP contribution in [0, 0.1) is 13.8 Å². The summed E-state index contributed by atoms with van der Waals surface area (Å²) in [6, 6.07) is 11.0. The third-order valence-corrected chi connectivity index (χ3v) is 5.07. The van der Waals surface area contributed by atoms with Crippen molar-refractivity contribution in [1.29, 1.82) is 0 Å². The number of ether oxygens (including phenoxy) is 1. The fourth-order valence-electron chi connectivity index (χ4n) is 2.83. The normalized spacial score (nSPS) is 11.5. The first-order valence-corrected chi connectivity index (χ1v) is 9.84. The molecule has 2 N–H and O–H groups in total. The Labute approximate surface area is 176 Å². The van der Waals surface area contributed by atoms with E-state index in [2.05, 4.69) is 5.32 Å². The van der Waals surface area contributed by atoms with Crippen LogP contribution < -0.4 is 5.32 Å². The van der Waals surface area contributed by atoms with Crippen molar-refractivity contribution in [2.24, 2.45) is 0 Å². The largest absolute Gasteiger partial charge is 0.508 e. The zero-order valence-corrected chi connectivity index (χ0v) is 17.8. The van der Waals surface area contributed by atoms with Crippen LogP contribution in [0.25, 0.3) is 0 Å². The van der Waals surface area contributed by atoms with E-state index in [4.69, 9.17) is 4.74 Å². The molecule has 0 aliphatic rings. The molecule has 0 fully saturated rings. The maximum absolute atomic E-state index is 12.7. The third-order valence-electron chi connectivity index (χ3n) is 5.07. The topological polar surface area (TPSA) is 95.9 Å². The number of hydrogen-bond donors (Lipinski definition) is 2. The molecular formula is C23H28N2O5. The Bertz CT molecular complexity index is 908. The highest BCUT2D eigenvalue weighted by Crippen LogP contribution is 2.18. The van der Waals surface area contributed by atoms with Gasteiger partial charge in [-0.05, 0) is 68.7 Å². The molecule has 0 saturated carbocycles. The number of phenols is 1. The van der Waals surface area contributed by atoms with Crippen molar-refractivity contribution in [3.8, 4) is 5.75 Å².